The molecule has 0 heterocycles. The first-order chi connectivity index (χ1) is 7.24. The molecule has 0 atom stereocenters. The minimum atomic E-state index is 0.511. The van der Waals surface area contributed by atoms with Crippen LogP contribution in [0.3, 0.4) is 0 Å². The monoisotopic (exact) mass is 245 g/mol. The Labute approximate surface area is 101 Å². The van der Waals surface area contributed by atoms with Gasteiger partial charge in [0.1, 0.15) is 0 Å². The second kappa shape index (κ2) is 6.80. The van der Waals surface area contributed by atoms with Crippen molar-refractivity contribution in [2.75, 3.05) is 7.05 Å². The predicted octanol–water partition coefficient (Wildman–Crippen LogP) is 2.52. The van der Waals surface area contributed by atoms with Crippen LogP contribution >= 0.6 is 23.8 Å². The third-order valence-corrected chi connectivity index (χ3v) is 3.03. The van der Waals surface area contributed by atoms with Gasteiger partial charge in [0, 0.05) is 12.1 Å². The summed E-state index contributed by atoms with van der Waals surface area (Å²) in [6.45, 7) is 0. The molecule has 1 aliphatic carbocycles. The first kappa shape index (κ1) is 12.5. The highest BCUT2D eigenvalue weighted by Gasteiger charge is 2.07. The highest BCUT2D eigenvalue weighted by molar-refractivity contribution is 7.80. The van der Waals surface area contributed by atoms with Gasteiger partial charge in [0.2, 0.25) is 0 Å². The Morgan fingerprint density at radius 3 is 2.87 bits per heavy atom. The highest BCUT2D eigenvalue weighted by Crippen LogP contribution is 2.24. The quantitative estimate of drug-likeness (QED) is 0.446. The van der Waals surface area contributed by atoms with Crippen LogP contribution in [0.4, 0.5) is 0 Å². The number of hydrogen-bond acceptors (Lipinski definition) is 2. The minimum Gasteiger partial charge on any atom is -0.364 e. The van der Waals surface area contributed by atoms with E-state index in [1.807, 2.05) is 0 Å². The Bertz CT molecular complexity index is 286. The third-order valence-electron chi connectivity index (χ3n) is 2.30. The van der Waals surface area contributed by atoms with Crippen LogP contribution in [-0.2, 0) is 0 Å². The van der Waals surface area contributed by atoms with Gasteiger partial charge in [0.15, 0.2) is 5.11 Å². The first-order valence-electron chi connectivity index (χ1n) is 5.12. The molecule has 0 saturated heterocycles. The maximum Gasteiger partial charge on any atom is 0.186 e. The molecule has 0 radical (unpaired) electrons. The lowest BCUT2D eigenvalue weighted by Gasteiger charge is -2.02. The van der Waals surface area contributed by atoms with E-state index in [-0.39, 0.29) is 0 Å². The second-order valence-corrected chi connectivity index (χ2v) is 4.30. The average molecular weight is 246 g/mol. The third kappa shape index (κ3) is 4.62. The number of nitrogens with one attached hydrogen (secondary N) is 2. The van der Waals surface area contributed by atoms with Crippen molar-refractivity contribution in [1.82, 2.24) is 10.7 Å². The Morgan fingerprint density at radius 2 is 2.13 bits per heavy atom. The Balaban J connectivity index is 2.50. The van der Waals surface area contributed by atoms with Crippen molar-refractivity contribution in [1.29, 1.82) is 0 Å². The van der Waals surface area contributed by atoms with Crippen LogP contribution in [0.15, 0.2) is 15.7 Å². The van der Waals surface area contributed by atoms with Gasteiger partial charge in [-0.25, -0.2) is 0 Å². The van der Waals surface area contributed by atoms with Crippen molar-refractivity contribution < 1.29 is 0 Å². The Morgan fingerprint density at radius 1 is 1.40 bits per heavy atom. The van der Waals surface area contributed by atoms with Crippen molar-refractivity contribution in [3.05, 3.63) is 10.6 Å². The van der Waals surface area contributed by atoms with E-state index in [1.54, 1.807) is 13.3 Å². The smallest absolute Gasteiger partial charge is 0.186 e. The topological polar surface area (TPSA) is 36.4 Å². The van der Waals surface area contributed by atoms with Gasteiger partial charge in [-0.1, -0.05) is 18.0 Å². The summed E-state index contributed by atoms with van der Waals surface area (Å²) in [5.41, 5.74) is 3.84. The van der Waals surface area contributed by atoms with Gasteiger partial charge in [-0.15, -0.1) is 0 Å². The molecule has 0 fully saturated rings. The number of rotatable bonds is 2. The number of nitrogens with zero attached hydrogens (tertiary/aromatic N) is 1. The molecule has 0 aromatic rings. The lowest BCUT2D eigenvalue weighted by atomic mass is 10.1. The molecule has 15 heavy (non-hydrogen) atoms. The Kier molecular flexibility index (Phi) is 5.65. The van der Waals surface area contributed by atoms with Gasteiger partial charge in [0.05, 0.1) is 6.21 Å². The van der Waals surface area contributed by atoms with Crippen LogP contribution in [0.1, 0.15) is 32.1 Å². The number of allylic oxidation sites excluding steroid dienone is 2. The normalized spacial score (nSPS) is 17.7. The van der Waals surface area contributed by atoms with Gasteiger partial charge in [-0.3, -0.25) is 5.43 Å². The number of hydrogen-bond donors (Lipinski definition) is 2. The predicted molar refractivity (Wildman–Crippen MR) is 69.2 cm³/mol. The van der Waals surface area contributed by atoms with Crippen molar-refractivity contribution in [3.63, 3.8) is 0 Å². The van der Waals surface area contributed by atoms with Gasteiger partial charge in [-0.05, 0) is 43.5 Å². The summed E-state index contributed by atoms with van der Waals surface area (Å²) in [6.07, 6.45) is 7.37. The van der Waals surface area contributed by atoms with Crippen molar-refractivity contribution in [2.45, 2.75) is 32.1 Å². The second-order valence-electron chi connectivity index (χ2n) is 3.44. The molecule has 0 aliphatic heterocycles. The summed E-state index contributed by atoms with van der Waals surface area (Å²) in [7, 11) is 1.75. The molecule has 5 heteroatoms. The number of halogens is 1. The molecule has 0 saturated carbocycles. The lowest BCUT2D eigenvalue weighted by Crippen LogP contribution is -2.28. The molecule has 0 aromatic heterocycles. The Hall–Kier alpha value is -0.610. The van der Waals surface area contributed by atoms with Gasteiger partial charge < -0.3 is 5.32 Å². The van der Waals surface area contributed by atoms with Crippen LogP contribution in [0.25, 0.3) is 0 Å². The maximum atomic E-state index is 6.15. The van der Waals surface area contributed by atoms with E-state index < -0.39 is 0 Å². The summed E-state index contributed by atoms with van der Waals surface area (Å²) >= 11 is 11.0. The van der Waals surface area contributed by atoms with Crippen LogP contribution in [0.2, 0.25) is 0 Å². The van der Waals surface area contributed by atoms with E-state index in [0.29, 0.717) is 5.11 Å². The van der Waals surface area contributed by atoms with E-state index in [9.17, 15) is 0 Å². The molecule has 0 aromatic carbocycles. The summed E-state index contributed by atoms with van der Waals surface area (Å²) in [4.78, 5) is 0. The molecule has 3 nitrogen and oxygen atoms in total. The minimum absolute atomic E-state index is 0.511. The standard InChI is InChI=1S/C10H16ClN3S/c1-12-10(15)14-13-7-8-5-3-2-4-6-9(8)11/h7H,2-6H2,1H3,(H2,12,14,15)/b13-7-. The van der Waals surface area contributed by atoms with Gasteiger partial charge in [-0.2, -0.15) is 5.10 Å². The summed E-state index contributed by atoms with van der Waals surface area (Å²) in [5, 5.41) is 8.27. The van der Waals surface area contributed by atoms with E-state index >= 15 is 0 Å². The lowest BCUT2D eigenvalue weighted by molar-refractivity contribution is 0.713. The van der Waals surface area contributed by atoms with E-state index in [1.165, 1.54) is 19.3 Å². The maximum absolute atomic E-state index is 6.15. The van der Waals surface area contributed by atoms with Crippen LogP contribution in [0, 0.1) is 0 Å². The van der Waals surface area contributed by atoms with Crippen molar-refractivity contribution >= 4 is 35.1 Å². The van der Waals surface area contributed by atoms with Gasteiger partial charge >= 0.3 is 0 Å². The molecule has 1 rings (SSSR count). The van der Waals surface area contributed by atoms with E-state index in [2.05, 4.69) is 15.8 Å². The summed E-state index contributed by atoms with van der Waals surface area (Å²) in [5.74, 6) is 0. The number of thiocarbonyl (C=S) groups is 1. The molecular weight excluding hydrogens is 230 g/mol. The largest absolute Gasteiger partial charge is 0.364 e. The zero-order valence-electron chi connectivity index (χ0n) is 8.85. The fourth-order valence-corrected chi connectivity index (χ4v) is 1.76. The van der Waals surface area contributed by atoms with Crippen LogP contribution in [-0.4, -0.2) is 18.4 Å². The fraction of sp³-hybridized carbons (Fsp3) is 0.600. The zero-order valence-corrected chi connectivity index (χ0v) is 10.4. The first-order valence-corrected chi connectivity index (χ1v) is 5.91. The molecule has 0 spiro atoms. The zero-order chi connectivity index (χ0) is 11.1. The average Bonchev–Trinajstić information content (AvgIpc) is 2.44. The van der Waals surface area contributed by atoms with Crippen LogP contribution in [0.5, 0.6) is 0 Å². The molecule has 2 N–H and O–H groups in total. The fourth-order valence-electron chi connectivity index (χ4n) is 1.43. The molecule has 0 bridgehead atoms. The molecule has 0 unspecified atom stereocenters. The van der Waals surface area contributed by atoms with Crippen LogP contribution < -0.4 is 10.7 Å². The summed E-state index contributed by atoms with van der Waals surface area (Å²) in [6, 6.07) is 0. The highest BCUT2D eigenvalue weighted by atomic mass is 35.5. The molecule has 0 amide bonds. The summed E-state index contributed by atoms with van der Waals surface area (Å²) < 4.78 is 0. The molecular formula is C10H16ClN3S. The van der Waals surface area contributed by atoms with Crippen molar-refractivity contribution in [2.24, 2.45) is 5.10 Å². The SMILES string of the molecule is CNC(=S)N/N=C\C1=C(Cl)CCCCC1. The van der Waals surface area contributed by atoms with E-state index in [0.717, 1.165) is 23.4 Å². The van der Waals surface area contributed by atoms with Gasteiger partial charge in [0.25, 0.3) is 0 Å². The molecule has 1 aliphatic rings. The van der Waals surface area contributed by atoms with E-state index in [4.69, 9.17) is 23.8 Å². The number of hydrazone groups is 1. The van der Waals surface area contributed by atoms with Crippen molar-refractivity contribution in [3.8, 4) is 0 Å². The molecule has 84 valence electrons.